The summed E-state index contributed by atoms with van der Waals surface area (Å²) in [5.41, 5.74) is 0.450. The van der Waals surface area contributed by atoms with E-state index in [1.165, 1.54) is 12.1 Å². The first kappa shape index (κ1) is 14.8. The molecule has 0 aliphatic carbocycles. The van der Waals surface area contributed by atoms with Gasteiger partial charge in [0.2, 0.25) is 0 Å². The minimum atomic E-state index is -1.05. The number of carbonyl (C=O) groups excluding carboxylic acids is 1. The molecule has 1 heterocycles. The van der Waals surface area contributed by atoms with Crippen LogP contribution in [0.1, 0.15) is 39.8 Å². The fourth-order valence-electron chi connectivity index (χ4n) is 1.99. The molecule has 0 spiro atoms. The number of aryl methyl sites for hydroxylation is 1. The summed E-state index contributed by atoms with van der Waals surface area (Å²) in [6.45, 7) is 1.90. The Kier molecular flexibility index (Phi) is 4.77. The quantitative estimate of drug-likeness (QED) is 0.856. The molecule has 1 unspecified atom stereocenters. The molecule has 2 aromatic rings. The lowest BCUT2D eigenvalue weighted by Crippen LogP contribution is -2.33. The van der Waals surface area contributed by atoms with E-state index in [-0.39, 0.29) is 17.5 Å². The second-order valence-corrected chi connectivity index (χ2v) is 4.88. The van der Waals surface area contributed by atoms with Gasteiger partial charge in [0.25, 0.3) is 5.91 Å². The lowest BCUT2D eigenvalue weighted by molar-refractivity contribution is 0.0697. The number of benzene rings is 1. The van der Waals surface area contributed by atoms with Crippen molar-refractivity contribution in [3.63, 3.8) is 0 Å². The van der Waals surface area contributed by atoms with E-state index in [2.05, 4.69) is 5.32 Å². The summed E-state index contributed by atoms with van der Waals surface area (Å²) in [5, 5.41) is 11.8. The van der Waals surface area contributed by atoms with Crippen LogP contribution >= 0.6 is 0 Å². The van der Waals surface area contributed by atoms with Crippen molar-refractivity contribution in [2.24, 2.45) is 0 Å². The van der Waals surface area contributed by atoms with Crippen LogP contribution in [-0.2, 0) is 6.42 Å². The van der Waals surface area contributed by atoms with Crippen LogP contribution in [0.25, 0.3) is 0 Å². The van der Waals surface area contributed by atoms with Crippen LogP contribution in [0.15, 0.2) is 47.1 Å². The Bertz CT molecular complexity index is 619. The van der Waals surface area contributed by atoms with Crippen LogP contribution in [0.5, 0.6) is 0 Å². The number of carboxylic acids is 1. The average molecular weight is 287 g/mol. The van der Waals surface area contributed by atoms with Crippen molar-refractivity contribution in [3.8, 4) is 0 Å². The van der Waals surface area contributed by atoms with Crippen molar-refractivity contribution in [2.45, 2.75) is 25.8 Å². The van der Waals surface area contributed by atoms with Crippen molar-refractivity contribution >= 4 is 11.9 Å². The van der Waals surface area contributed by atoms with Gasteiger partial charge in [-0.2, -0.15) is 0 Å². The SMILES string of the molecule is CC(CCc1ccco1)NC(=O)c1cccc(C(=O)O)c1. The molecule has 110 valence electrons. The number of nitrogens with one attached hydrogen (secondary N) is 1. The molecule has 1 atom stereocenters. The molecule has 5 heteroatoms. The maximum Gasteiger partial charge on any atom is 0.335 e. The zero-order valence-electron chi connectivity index (χ0n) is 11.7. The highest BCUT2D eigenvalue weighted by Crippen LogP contribution is 2.08. The number of carbonyl (C=O) groups is 2. The first-order valence-electron chi connectivity index (χ1n) is 6.73. The largest absolute Gasteiger partial charge is 0.478 e. The highest BCUT2D eigenvalue weighted by Gasteiger charge is 2.12. The van der Waals surface area contributed by atoms with Crippen molar-refractivity contribution in [1.29, 1.82) is 0 Å². The topological polar surface area (TPSA) is 79.5 Å². The zero-order valence-corrected chi connectivity index (χ0v) is 11.7. The normalized spacial score (nSPS) is 11.9. The van der Waals surface area contributed by atoms with Gasteiger partial charge in [-0.15, -0.1) is 0 Å². The molecular formula is C16H17NO4. The van der Waals surface area contributed by atoms with Crippen LogP contribution in [-0.4, -0.2) is 23.0 Å². The van der Waals surface area contributed by atoms with Gasteiger partial charge in [-0.3, -0.25) is 4.79 Å². The number of amides is 1. The van der Waals surface area contributed by atoms with E-state index >= 15 is 0 Å². The molecule has 0 saturated heterocycles. The first-order valence-corrected chi connectivity index (χ1v) is 6.73. The van der Waals surface area contributed by atoms with Crippen LogP contribution in [0.3, 0.4) is 0 Å². The van der Waals surface area contributed by atoms with Gasteiger partial charge < -0.3 is 14.8 Å². The minimum Gasteiger partial charge on any atom is -0.478 e. The summed E-state index contributed by atoms with van der Waals surface area (Å²) in [6.07, 6.45) is 3.11. The van der Waals surface area contributed by atoms with Gasteiger partial charge >= 0.3 is 5.97 Å². The molecule has 1 amide bonds. The van der Waals surface area contributed by atoms with Crippen LogP contribution < -0.4 is 5.32 Å². The lowest BCUT2D eigenvalue weighted by Gasteiger charge is -2.13. The predicted molar refractivity (Wildman–Crippen MR) is 77.4 cm³/mol. The highest BCUT2D eigenvalue weighted by molar-refractivity contribution is 5.97. The summed E-state index contributed by atoms with van der Waals surface area (Å²) in [5.74, 6) is -0.440. The molecule has 0 radical (unpaired) electrons. The molecule has 5 nitrogen and oxygen atoms in total. The maximum absolute atomic E-state index is 12.1. The van der Waals surface area contributed by atoms with E-state index < -0.39 is 5.97 Å². The molecule has 1 aromatic carbocycles. The van der Waals surface area contributed by atoms with E-state index in [9.17, 15) is 9.59 Å². The Morgan fingerprint density at radius 2 is 2.00 bits per heavy atom. The third-order valence-electron chi connectivity index (χ3n) is 3.15. The first-order chi connectivity index (χ1) is 10.1. The number of hydrogen-bond acceptors (Lipinski definition) is 3. The molecular weight excluding hydrogens is 270 g/mol. The lowest BCUT2D eigenvalue weighted by atomic mass is 10.1. The number of furan rings is 1. The van der Waals surface area contributed by atoms with Crippen molar-refractivity contribution in [2.75, 3.05) is 0 Å². The highest BCUT2D eigenvalue weighted by atomic mass is 16.4. The maximum atomic E-state index is 12.1. The summed E-state index contributed by atoms with van der Waals surface area (Å²) in [7, 11) is 0. The molecule has 2 rings (SSSR count). The van der Waals surface area contributed by atoms with Crippen LogP contribution in [0.2, 0.25) is 0 Å². The van der Waals surface area contributed by atoms with E-state index in [1.807, 2.05) is 19.1 Å². The van der Waals surface area contributed by atoms with Gasteiger partial charge in [-0.05, 0) is 43.7 Å². The van der Waals surface area contributed by atoms with Crippen molar-refractivity contribution < 1.29 is 19.1 Å². The van der Waals surface area contributed by atoms with E-state index in [1.54, 1.807) is 18.4 Å². The van der Waals surface area contributed by atoms with E-state index in [0.29, 0.717) is 5.56 Å². The predicted octanol–water partition coefficient (Wildman–Crippen LogP) is 2.73. The van der Waals surface area contributed by atoms with Crippen LogP contribution in [0.4, 0.5) is 0 Å². The smallest absolute Gasteiger partial charge is 0.335 e. The van der Waals surface area contributed by atoms with Crippen molar-refractivity contribution in [3.05, 3.63) is 59.5 Å². The third kappa shape index (κ3) is 4.21. The summed E-state index contributed by atoms with van der Waals surface area (Å²) >= 11 is 0. The number of hydrogen-bond donors (Lipinski definition) is 2. The second-order valence-electron chi connectivity index (χ2n) is 4.88. The Morgan fingerprint density at radius 1 is 1.24 bits per heavy atom. The molecule has 0 bridgehead atoms. The number of aromatic carboxylic acids is 1. The molecule has 1 aromatic heterocycles. The Balaban J connectivity index is 1.91. The van der Waals surface area contributed by atoms with Gasteiger partial charge in [0.15, 0.2) is 0 Å². The molecule has 0 saturated carbocycles. The Labute approximate surface area is 122 Å². The standard InChI is InChI=1S/C16H17NO4/c1-11(7-8-14-6-3-9-21-14)17-15(18)12-4-2-5-13(10-12)16(19)20/h2-6,9-11H,7-8H2,1H3,(H,17,18)(H,19,20). The van der Waals surface area contributed by atoms with Gasteiger partial charge in [0.1, 0.15) is 5.76 Å². The molecule has 0 aliphatic rings. The van der Waals surface area contributed by atoms with Gasteiger partial charge in [-0.25, -0.2) is 4.79 Å². The summed E-state index contributed by atoms with van der Waals surface area (Å²) in [4.78, 5) is 23.0. The van der Waals surface area contributed by atoms with Crippen LogP contribution in [0, 0.1) is 0 Å². The fourth-order valence-corrected chi connectivity index (χ4v) is 1.99. The summed E-state index contributed by atoms with van der Waals surface area (Å²) < 4.78 is 5.24. The molecule has 0 aliphatic heterocycles. The molecule has 0 fully saturated rings. The minimum absolute atomic E-state index is 0.0314. The van der Waals surface area contributed by atoms with E-state index in [4.69, 9.17) is 9.52 Å². The molecule has 2 N–H and O–H groups in total. The summed E-state index contributed by atoms with van der Waals surface area (Å²) in [6, 6.07) is 9.68. The second kappa shape index (κ2) is 6.74. The molecule has 21 heavy (non-hydrogen) atoms. The van der Waals surface area contributed by atoms with Gasteiger partial charge in [0, 0.05) is 18.0 Å². The zero-order chi connectivity index (χ0) is 15.2. The number of carboxylic acid groups (broad SMARTS) is 1. The monoisotopic (exact) mass is 287 g/mol. The Hall–Kier alpha value is -2.56. The van der Waals surface area contributed by atoms with E-state index in [0.717, 1.165) is 18.6 Å². The average Bonchev–Trinajstić information content (AvgIpc) is 2.98. The van der Waals surface area contributed by atoms with Gasteiger partial charge in [-0.1, -0.05) is 6.07 Å². The number of rotatable bonds is 6. The van der Waals surface area contributed by atoms with Gasteiger partial charge in [0.05, 0.1) is 11.8 Å². The fraction of sp³-hybridized carbons (Fsp3) is 0.250. The van der Waals surface area contributed by atoms with Crippen molar-refractivity contribution in [1.82, 2.24) is 5.32 Å². The third-order valence-corrected chi connectivity index (χ3v) is 3.15. The Morgan fingerprint density at radius 3 is 2.67 bits per heavy atom.